The van der Waals surface area contributed by atoms with E-state index in [0.717, 1.165) is 32.1 Å². The van der Waals surface area contributed by atoms with Gasteiger partial charge in [-0.1, -0.05) is 0 Å². The molecule has 2 rings (SSSR count). The van der Waals surface area contributed by atoms with Gasteiger partial charge in [0.05, 0.1) is 11.8 Å². The number of halogens is 1. The van der Waals surface area contributed by atoms with Gasteiger partial charge in [0, 0.05) is 19.8 Å². The minimum Gasteiger partial charge on any atom is -0.341 e. The summed E-state index contributed by atoms with van der Waals surface area (Å²) < 4.78 is 13.5. The van der Waals surface area contributed by atoms with Crippen molar-refractivity contribution >= 4 is 5.91 Å². The predicted molar refractivity (Wildman–Crippen MR) is 66.7 cm³/mol. The second kappa shape index (κ2) is 5.91. The van der Waals surface area contributed by atoms with Crippen molar-refractivity contribution < 1.29 is 9.18 Å². The van der Waals surface area contributed by atoms with Crippen LogP contribution in [-0.4, -0.2) is 42.5 Å². The molecule has 1 aromatic heterocycles. The number of hydrogen-bond acceptors (Lipinski definition) is 3. The highest BCUT2D eigenvalue weighted by Crippen LogP contribution is 2.15. The first-order chi connectivity index (χ1) is 8.68. The van der Waals surface area contributed by atoms with Crippen LogP contribution in [0.3, 0.4) is 0 Å². The van der Waals surface area contributed by atoms with Gasteiger partial charge in [-0.3, -0.25) is 9.78 Å². The summed E-state index contributed by atoms with van der Waals surface area (Å²) in [6.07, 6.45) is 4.65. The van der Waals surface area contributed by atoms with Crippen LogP contribution in [0.4, 0.5) is 4.39 Å². The van der Waals surface area contributed by atoms with E-state index in [4.69, 9.17) is 0 Å². The number of amides is 1. The summed E-state index contributed by atoms with van der Waals surface area (Å²) in [4.78, 5) is 17.3. The van der Waals surface area contributed by atoms with Gasteiger partial charge >= 0.3 is 0 Å². The number of piperidine rings is 1. The van der Waals surface area contributed by atoms with Crippen molar-refractivity contribution in [1.82, 2.24) is 15.2 Å². The molecule has 1 saturated heterocycles. The zero-order chi connectivity index (χ0) is 13.0. The molecule has 0 unspecified atom stereocenters. The van der Waals surface area contributed by atoms with E-state index in [2.05, 4.69) is 10.3 Å². The van der Waals surface area contributed by atoms with Crippen LogP contribution in [0.5, 0.6) is 0 Å². The number of nitrogens with zero attached hydrogens (tertiary/aromatic N) is 2. The lowest BCUT2D eigenvalue weighted by Gasteiger charge is -2.27. The van der Waals surface area contributed by atoms with Crippen LogP contribution in [0.15, 0.2) is 18.5 Å². The molecule has 1 fully saturated rings. The lowest BCUT2D eigenvalue weighted by molar-refractivity contribution is 0.0758. The molecule has 1 aliphatic heterocycles. The molecule has 1 aliphatic rings. The van der Waals surface area contributed by atoms with Crippen LogP contribution in [0.2, 0.25) is 0 Å². The van der Waals surface area contributed by atoms with E-state index in [1.165, 1.54) is 12.3 Å². The topological polar surface area (TPSA) is 45.2 Å². The van der Waals surface area contributed by atoms with Gasteiger partial charge in [0.15, 0.2) is 5.82 Å². The predicted octanol–water partition coefficient (Wildman–Crippen LogP) is 1.29. The van der Waals surface area contributed by atoms with E-state index in [9.17, 15) is 9.18 Å². The van der Waals surface area contributed by atoms with Crippen molar-refractivity contribution in [3.05, 3.63) is 29.8 Å². The van der Waals surface area contributed by atoms with E-state index < -0.39 is 5.82 Å². The zero-order valence-electron chi connectivity index (χ0n) is 10.5. The average molecular weight is 251 g/mol. The molecule has 4 nitrogen and oxygen atoms in total. The van der Waals surface area contributed by atoms with Gasteiger partial charge in [-0.05, 0) is 37.9 Å². The van der Waals surface area contributed by atoms with Crippen LogP contribution >= 0.6 is 0 Å². The Kier molecular flexibility index (Phi) is 4.25. The number of pyridine rings is 1. The highest BCUT2D eigenvalue weighted by molar-refractivity contribution is 5.94. The number of carbonyl (C=O) groups is 1. The van der Waals surface area contributed by atoms with Crippen LogP contribution < -0.4 is 5.32 Å². The second-order valence-electron chi connectivity index (χ2n) is 4.73. The summed E-state index contributed by atoms with van der Waals surface area (Å²) in [6.45, 7) is 2.68. The highest BCUT2D eigenvalue weighted by Gasteiger charge is 2.20. The Balaban J connectivity index is 1.98. The molecule has 0 spiro atoms. The monoisotopic (exact) mass is 251 g/mol. The summed E-state index contributed by atoms with van der Waals surface area (Å²) >= 11 is 0. The van der Waals surface area contributed by atoms with Gasteiger partial charge in [-0.2, -0.15) is 0 Å². The standard InChI is InChI=1S/C13H18FN3O/c1-17(9-10-2-5-15-6-3-10)13(18)11-4-7-16-8-12(11)14/h4,7-8,10,15H,2-3,5-6,9H2,1H3. The van der Waals surface area contributed by atoms with Gasteiger partial charge in [-0.25, -0.2) is 4.39 Å². The smallest absolute Gasteiger partial charge is 0.256 e. The molecule has 0 atom stereocenters. The largest absolute Gasteiger partial charge is 0.341 e. The Morgan fingerprint density at radius 3 is 2.94 bits per heavy atom. The molecule has 2 heterocycles. The summed E-state index contributed by atoms with van der Waals surface area (Å²) in [5.74, 6) is -0.321. The highest BCUT2D eigenvalue weighted by atomic mass is 19.1. The maximum atomic E-state index is 13.5. The Morgan fingerprint density at radius 1 is 1.56 bits per heavy atom. The summed E-state index contributed by atoms with van der Waals surface area (Å²) in [6, 6.07) is 1.43. The second-order valence-corrected chi connectivity index (χ2v) is 4.73. The van der Waals surface area contributed by atoms with Crippen LogP contribution in [0.25, 0.3) is 0 Å². The maximum Gasteiger partial charge on any atom is 0.256 e. The lowest BCUT2D eigenvalue weighted by Crippen LogP contribution is -2.37. The number of rotatable bonds is 3. The van der Waals surface area contributed by atoms with Gasteiger partial charge in [0.25, 0.3) is 5.91 Å². The molecule has 0 saturated carbocycles. The van der Waals surface area contributed by atoms with Crippen molar-refractivity contribution in [3.63, 3.8) is 0 Å². The molecular formula is C13H18FN3O. The molecule has 1 aromatic rings. The summed E-state index contributed by atoms with van der Waals surface area (Å²) in [5.41, 5.74) is 0.0986. The Labute approximate surface area is 106 Å². The first kappa shape index (κ1) is 13.0. The van der Waals surface area contributed by atoms with Gasteiger partial charge in [-0.15, -0.1) is 0 Å². The molecule has 0 radical (unpaired) electrons. The molecule has 5 heteroatoms. The van der Waals surface area contributed by atoms with Crippen molar-refractivity contribution in [3.8, 4) is 0 Å². The lowest BCUT2D eigenvalue weighted by atomic mass is 9.97. The summed E-state index contributed by atoms with van der Waals surface area (Å²) in [7, 11) is 1.73. The molecule has 0 bridgehead atoms. The van der Waals surface area contributed by atoms with Gasteiger partial charge < -0.3 is 10.2 Å². The maximum absolute atomic E-state index is 13.5. The number of aromatic nitrogens is 1. The van der Waals surface area contributed by atoms with Crippen molar-refractivity contribution in [2.45, 2.75) is 12.8 Å². The molecule has 0 aromatic carbocycles. The quantitative estimate of drug-likeness (QED) is 0.880. The third kappa shape index (κ3) is 3.04. The van der Waals surface area contributed by atoms with Crippen molar-refractivity contribution in [1.29, 1.82) is 0 Å². The third-order valence-corrected chi connectivity index (χ3v) is 3.34. The van der Waals surface area contributed by atoms with Crippen molar-refractivity contribution in [2.75, 3.05) is 26.7 Å². The number of nitrogens with one attached hydrogen (secondary N) is 1. The van der Waals surface area contributed by atoms with E-state index in [1.807, 2.05) is 0 Å². The van der Waals surface area contributed by atoms with E-state index >= 15 is 0 Å². The normalized spacial score (nSPS) is 16.6. The zero-order valence-corrected chi connectivity index (χ0v) is 10.5. The summed E-state index contributed by atoms with van der Waals surface area (Å²) in [5, 5.41) is 3.29. The van der Waals surface area contributed by atoms with E-state index in [1.54, 1.807) is 11.9 Å². The Morgan fingerprint density at radius 2 is 2.28 bits per heavy atom. The fraction of sp³-hybridized carbons (Fsp3) is 0.538. The first-order valence-corrected chi connectivity index (χ1v) is 6.24. The third-order valence-electron chi connectivity index (χ3n) is 3.34. The molecule has 18 heavy (non-hydrogen) atoms. The average Bonchev–Trinajstić information content (AvgIpc) is 2.39. The fourth-order valence-corrected chi connectivity index (χ4v) is 2.29. The number of carbonyl (C=O) groups excluding carboxylic acids is 1. The Bertz CT molecular complexity index is 418. The fourth-order valence-electron chi connectivity index (χ4n) is 2.29. The van der Waals surface area contributed by atoms with Crippen LogP contribution in [0.1, 0.15) is 23.2 Å². The molecular weight excluding hydrogens is 233 g/mol. The van der Waals surface area contributed by atoms with E-state index in [-0.39, 0.29) is 11.5 Å². The van der Waals surface area contributed by atoms with Crippen molar-refractivity contribution in [2.24, 2.45) is 5.92 Å². The first-order valence-electron chi connectivity index (χ1n) is 6.24. The van der Waals surface area contributed by atoms with Crippen LogP contribution in [-0.2, 0) is 0 Å². The number of hydrogen-bond donors (Lipinski definition) is 1. The molecule has 1 amide bonds. The molecule has 1 N–H and O–H groups in total. The Hall–Kier alpha value is -1.49. The SMILES string of the molecule is CN(CC1CCNCC1)C(=O)c1ccncc1F. The molecule has 98 valence electrons. The van der Waals surface area contributed by atoms with Crippen LogP contribution in [0, 0.1) is 11.7 Å². The minimum absolute atomic E-state index is 0.0986. The van der Waals surface area contributed by atoms with E-state index in [0.29, 0.717) is 12.5 Å². The van der Waals surface area contributed by atoms with Gasteiger partial charge in [0.2, 0.25) is 0 Å². The molecule has 0 aliphatic carbocycles. The minimum atomic E-state index is -0.556. The van der Waals surface area contributed by atoms with Gasteiger partial charge in [0.1, 0.15) is 0 Å².